The highest BCUT2D eigenvalue weighted by atomic mass is 32.2. The summed E-state index contributed by atoms with van der Waals surface area (Å²) in [6.45, 7) is 6.93. The summed E-state index contributed by atoms with van der Waals surface area (Å²) in [5, 5.41) is 9.37. The molecule has 0 radical (unpaired) electrons. The van der Waals surface area contributed by atoms with Gasteiger partial charge in [0.1, 0.15) is 11.4 Å². The number of hydrogen-bond acceptors (Lipinski definition) is 7. The number of nitrogens with one attached hydrogen (secondary N) is 1. The molecule has 0 aromatic heterocycles. The molecular weight excluding hydrogens is 400 g/mol. The molecule has 0 saturated carbocycles. The van der Waals surface area contributed by atoms with Gasteiger partial charge in [-0.3, -0.25) is 4.79 Å². The van der Waals surface area contributed by atoms with Crippen molar-refractivity contribution in [1.29, 1.82) is 0 Å². The van der Waals surface area contributed by atoms with E-state index >= 15 is 0 Å². The van der Waals surface area contributed by atoms with Crippen molar-refractivity contribution in [2.75, 3.05) is 20.2 Å². The molecule has 0 aliphatic carbocycles. The molecule has 0 bridgehead atoms. The van der Waals surface area contributed by atoms with Crippen LogP contribution >= 0.6 is 0 Å². The Morgan fingerprint density at radius 2 is 1.83 bits per heavy atom. The smallest absolute Gasteiger partial charge is 0.410 e. The molecule has 9 nitrogen and oxygen atoms in total. The first-order valence-electron chi connectivity index (χ1n) is 9.16. The Bertz CT molecular complexity index is 862. The van der Waals surface area contributed by atoms with Gasteiger partial charge in [-0.1, -0.05) is 0 Å². The number of ether oxygens (including phenoxy) is 2. The largest absolute Gasteiger partial charge is 0.508 e. The lowest BCUT2D eigenvalue weighted by atomic mass is 9.78. The SMILES string of the molecule is COC(=O)[C@@]1(C)CN(C(=O)OC(C)(C)C)CC[C@H]1NS(=O)(=O)c1ccc(O)cc1. The minimum atomic E-state index is -3.96. The number of phenols is 1. The molecule has 2 rings (SSSR count). The minimum absolute atomic E-state index is 0.0444. The Labute approximate surface area is 171 Å². The number of carbonyl (C=O) groups is 2. The van der Waals surface area contributed by atoms with Gasteiger partial charge in [0.2, 0.25) is 10.0 Å². The summed E-state index contributed by atoms with van der Waals surface area (Å²) in [4.78, 5) is 26.3. The van der Waals surface area contributed by atoms with Gasteiger partial charge in [-0.05, 0) is 58.4 Å². The number of amides is 1. The molecule has 162 valence electrons. The number of benzene rings is 1. The van der Waals surface area contributed by atoms with Gasteiger partial charge in [0.15, 0.2) is 0 Å². The Morgan fingerprint density at radius 3 is 2.34 bits per heavy atom. The van der Waals surface area contributed by atoms with Crippen molar-refractivity contribution in [3.63, 3.8) is 0 Å². The van der Waals surface area contributed by atoms with Crippen molar-refractivity contribution in [1.82, 2.24) is 9.62 Å². The second-order valence-electron chi connectivity index (χ2n) is 8.27. The lowest BCUT2D eigenvalue weighted by molar-refractivity contribution is -0.156. The first-order valence-corrected chi connectivity index (χ1v) is 10.6. The maximum absolute atomic E-state index is 12.8. The number of esters is 1. The van der Waals surface area contributed by atoms with Crippen molar-refractivity contribution >= 4 is 22.1 Å². The summed E-state index contributed by atoms with van der Waals surface area (Å²) in [5.74, 6) is -0.696. The Balaban J connectivity index is 2.27. The van der Waals surface area contributed by atoms with Crippen LogP contribution in [0.2, 0.25) is 0 Å². The predicted molar refractivity (Wildman–Crippen MR) is 105 cm³/mol. The fourth-order valence-electron chi connectivity index (χ4n) is 3.18. The molecule has 1 fully saturated rings. The van der Waals surface area contributed by atoms with Crippen LogP contribution in [-0.4, -0.2) is 62.3 Å². The molecule has 1 amide bonds. The van der Waals surface area contributed by atoms with E-state index in [0.717, 1.165) is 0 Å². The number of likely N-dealkylation sites (tertiary alicyclic amines) is 1. The number of nitrogens with zero attached hydrogens (tertiary/aromatic N) is 1. The van der Waals surface area contributed by atoms with Crippen molar-refractivity contribution in [2.45, 2.75) is 50.7 Å². The number of hydrogen-bond donors (Lipinski definition) is 2. The van der Waals surface area contributed by atoms with Gasteiger partial charge in [-0.15, -0.1) is 0 Å². The maximum atomic E-state index is 12.8. The molecule has 1 aliphatic rings. The second-order valence-corrected chi connectivity index (χ2v) is 9.98. The lowest BCUT2D eigenvalue weighted by Gasteiger charge is -2.44. The lowest BCUT2D eigenvalue weighted by Crippen LogP contribution is -2.61. The van der Waals surface area contributed by atoms with E-state index in [4.69, 9.17) is 9.47 Å². The summed E-state index contributed by atoms with van der Waals surface area (Å²) in [7, 11) is -2.75. The first kappa shape index (κ1) is 23.0. The monoisotopic (exact) mass is 428 g/mol. The molecule has 0 unspecified atom stereocenters. The molecule has 2 N–H and O–H groups in total. The standard InChI is InChI=1S/C19H28N2O7S/c1-18(2,3)28-17(24)21-11-10-15(19(4,12-21)16(23)27-5)20-29(25,26)14-8-6-13(22)7-9-14/h6-9,15,20,22H,10-12H2,1-5H3/t15-,19+/m1/s1. The molecule has 29 heavy (non-hydrogen) atoms. The molecule has 0 spiro atoms. The predicted octanol–water partition coefficient (Wildman–Crippen LogP) is 1.86. The molecule has 1 aliphatic heterocycles. The van der Waals surface area contributed by atoms with Gasteiger partial charge in [0.25, 0.3) is 0 Å². The Hall–Kier alpha value is -2.33. The van der Waals surface area contributed by atoms with Gasteiger partial charge in [0.05, 0.1) is 17.4 Å². The van der Waals surface area contributed by atoms with Crippen LogP contribution in [0.1, 0.15) is 34.1 Å². The van der Waals surface area contributed by atoms with Crippen LogP contribution in [0.25, 0.3) is 0 Å². The molecular formula is C19H28N2O7S. The Morgan fingerprint density at radius 1 is 1.24 bits per heavy atom. The van der Waals surface area contributed by atoms with Gasteiger partial charge in [-0.2, -0.15) is 0 Å². The van der Waals surface area contributed by atoms with Crippen molar-refractivity contribution in [3.05, 3.63) is 24.3 Å². The molecule has 1 heterocycles. The minimum Gasteiger partial charge on any atom is -0.508 e. The second kappa shape index (κ2) is 8.19. The molecule has 1 saturated heterocycles. The third-order valence-electron chi connectivity index (χ3n) is 4.72. The fraction of sp³-hybridized carbons (Fsp3) is 0.579. The van der Waals surface area contributed by atoms with Crippen LogP contribution in [0.15, 0.2) is 29.2 Å². The number of carbonyl (C=O) groups excluding carboxylic acids is 2. The van der Waals surface area contributed by atoms with Crippen LogP contribution in [-0.2, 0) is 24.3 Å². The van der Waals surface area contributed by atoms with E-state index in [1.165, 1.54) is 36.3 Å². The number of piperidine rings is 1. The summed E-state index contributed by atoms with van der Waals surface area (Å²) in [6.07, 6.45) is -0.380. The number of sulfonamides is 1. The Kier molecular flexibility index (Phi) is 6.48. The average molecular weight is 429 g/mol. The van der Waals surface area contributed by atoms with Gasteiger partial charge in [0, 0.05) is 19.1 Å². The van der Waals surface area contributed by atoms with E-state index in [-0.39, 0.29) is 30.2 Å². The number of phenolic OH excluding ortho intramolecular Hbond substituents is 1. The van der Waals surface area contributed by atoms with E-state index in [9.17, 15) is 23.1 Å². The van der Waals surface area contributed by atoms with Crippen molar-refractivity contribution < 1.29 is 32.6 Å². The summed E-state index contributed by atoms with van der Waals surface area (Å²) in [5.41, 5.74) is -2.01. The highest BCUT2D eigenvalue weighted by Gasteiger charge is 2.49. The number of methoxy groups -OCH3 is 1. The van der Waals surface area contributed by atoms with Crippen LogP contribution < -0.4 is 4.72 Å². The number of aromatic hydroxyl groups is 1. The summed E-state index contributed by atoms with van der Waals surface area (Å²) >= 11 is 0. The van der Waals surface area contributed by atoms with E-state index in [0.29, 0.717) is 0 Å². The zero-order valence-electron chi connectivity index (χ0n) is 17.3. The summed E-state index contributed by atoms with van der Waals surface area (Å²) < 4.78 is 38.4. The third-order valence-corrected chi connectivity index (χ3v) is 6.21. The van der Waals surface area contributed by atoms with Crippen LogP contribution in [0.4, 0.5) is 4.79 Å². The van der Waals surface area contributed by atoms with Crippen molar-refractivity contribution in [3.8, 4) is 5.75 Å². The molecule has 10 heteroatoms. The zero-order chi connectivity index (χ0) is 22.0. The number of rotatable bonds is 4. The van der Waals surface area contributed by atoms with E-state index in [2.05, 4.69) is 4.72 Å². The van der Waals surface area contributed by atoms with E-state index in [1.807, 2.05) is 0 Å². The fourth-order valence-corrected chi connectivity index (χ4v) is 4.56. The van der Waals surface area contributed by atoms with Gasteiger partial charge < -0.3 is 19.5 Å². The quantitative estimate of drug-likeness (QED) is 0.702. The molecule has 2 atom stereocenters. The van der Waals surface area contributed by atoms with Gasteiger partial charge in [-0.25, -0.2) is 17.9 Å². The third kappa shape index (κ3) is 5.39. The molecule has 1 aromatic rings. The van der Waals surface area contributed by atoms with Crippen LogP contribution in [0.3, 0.4) is 0 Å². The van der Waals surface area contributed by atoms with E-state index in [1.54, 1.807) is 27.7 Å². The normalized spacial score (nSPS) is 22.8. The topological polar surface area (TPSA) is 122 Å². The first-order chi connectivity index (χ1) is 13.3. The average Bonchev–Trinajstić information content (AvgIpc) is 2.61. The van der Waals surface area contributed by atoms with Crippen molar-refractivity contribution in [2.24, 2.45) is 5.41 Å². The molecule has 1 aromatic carbocycles. The van der Waals surface area contributed by atoms with Crippen LogP contribution in [0.5, 0.6) is 5.75 Å². The maximum Gasteiger partial charge on any atom is 0.410 e. The van der Waals surface area contributed by atoms with E-state index < -0.39 is 39.1 Å². The highest BCUT2D eigenvalue weighted by molar-refractivity contribution is 7.89. The van der Waals surface area contributed by atoms with Crippen LogP contribution in [0, 0.1) is 5.41 Å². The van der Waals surface area contributed by atoms with Gasteiger partial charge >= 0.3 is 12.1 Å². The summed E-state index contributed by atoms with van der Waals surface area (Å²) in [6, 6.07) is 4.26. The zero-order valence-corrected chi connectivity index (χ0v) is 18.1. The highest BCUT2D eigenvalue weighted by Crippen LogP contribution is 2.33.